The molecule has 3 N–H and O–H groups in total. The first kappa shape index (κ1) is 30.2. The quantitative estimate of drug-likeness (QED) is 0.138. The molecule has 0 unspecified atom stereocenters. The average Bonchev–Trinajstić information content (AvgIpc) is 3.21. The summed E-state index contributed by atoms with van der Waals surface area (Å²) < 4.78 is 66.7. The second-order valence-electron chi connectivity index (χ2n) is 11.1. The molecular formula is C29H34ClN2O6S2+. The Balaban J connectivity index is 1.62. The Morgan fingerprint density at radius 3 is 2.30 bits per heavy atom. The van der Waals surface area contributed by atoms with Gasteiger partial charge in [-0.15, -0.1) is 0 Å². The van der Waals surface area contributed by atoms with Crippen molar-refractivity contribution in [3.63, 3.8) is 0 Å². The van der Waals surface area contributed by atoms with E-state index in [1.54, 1.807) is 6.07 Å². The summed E-state index contributed by atoms with van der Waals surface area (Å²) >= 11 is 6.21. The van der Waals surface area contributed by atoms with Crippen molar-refractivity contribution in [1.29, 1.82) is 0 Å². The maximum atomic E-state index is 11.8. The van der Waals surface area contributed by atoms with Crippen molar-refractivity contribution >= 4 is 48.9 Å². The van der Waals surface area contributed by atoms with Crippen molar-refractivity contribution in [3.8, 4) is 0 Å². The number of benzene rings is 2. The lowest BCUT2D eigenvalue weighted by Crippen LogP contribution is -2.28. The molecule has 40 heavy (non-hydrogen) atoms. The Kier molecular flexibility index (Phi) is 8.23. The molecule has 214 valence electrons. The third-order valence-corrected chi connectivity index (χ3v) is 9.42. The molecule has 0 aliphatic carbocycles. The zero-order valence-electron chi connectivity index (χ0n) is 22.8. The molecule has 4 rings (SSSR count). The molecule has 0 fully saturated rings. The lowest BCUT2D eigenvalue weighted by Gasteiger charge is -2.20. The van der Waals surface area contributed by atoms with Crippen LogP contribution in [0.2, 0.25) is 5.02 Å². The summed E-state index contributed by atoms with van der Waals surface area (Å²) in [5.74, 6) is -0.332. The molecule has 8 nitrogen and oxygen atoms in total. The van der Waals surface area contributed by atoms with E-state index >= 15 is 0 Å². The molecule has 2 aliphatic rings. The van der Waals surface area contributed by atoms with Crippen LogP contribution in [0.15, 0.2) is 77.4 Å². The van der Waals surface area contributed by atoms with Crippen molar-refractivity contribution in [2.45, 2.75) is 56.3 Å². The van der Waals surface area contributed by atoms with Gasteiger partial charge in [-0.1, -0.05) is 43.7 Å². The van der Waals surface area contributed by atoms with E-state index in [1.807, 2.05) is 67.0 Å². The number of fused-ring (bicyclic) bond motifs is 2. The Labute approximate surface area is 241 Å². The van der Waals surface area contributed by atoms with Gasteiger partial charge in [0.05, 0.1) is 16.1 Å². The van der Waals surface area contributed by atoms with Crippen LogP contribution in [-0.4, -0.2) is 48.5 Å². The molecule has 2 aromatic rings. The van der Waals surface area contributed by atoms with Crippen LogP contribution in [0, 0.1) is 0 Å². The Bertz CT molecular complexity index is 1680. The summed E-state index contributed by atoms with van der Waals surface area (Å²) in [7, 11) is -8.44. The lowest BCUT2D eigenvalue weighted by molar-refractivity contribution is -0.438. The monoisotopic (exact) mass is 605 g/mol. The van der Waals surface area contributed by atoms with Crippen molar-refractivity contribution in [2.24, 2.45) is 0 Å². The fourth-order valence-corrected chi connectivity index (χ4v) is 6.56. The fraction of sp³-hybridized carbons (Fsp3) is 0.345. The van der Waals surface area contributed by atoms with Gasteiger partial charge < -0.3 is 5.32 Å². The fourth-order valence-electron chi connectivity index (χ4n) is 5.31. The van der Waals surface area contributed by atoms with E-state index < -0.39 is 25.7 Å². The molecule has 2 heterocycles. The number of allylic oxidation sites excluding steroid dienone is 6. The number of rotatable bonds is 9. The molecule has 2 aliphatic heterocycles. The van der Waals surface area contributed by atoms with Crippen molar-refractivity contribution in [1.82, 2.24) is 0 Å². The first-order chi connectivity index (χ1) is 18.5. The van der Waals surface area contributed by atoms with E-state index in [1.165, 1.54) is 12.1 Å². The third-order valence-electron chi connectivity index (χ3n) is 7.53. The summed E-state index contributed by atoms with van der Waals surface area (Å²) in [5, 5.41) is 4.15. The summed E-state index contributed by atoms with van der Waals surface area (Å²) in [4.78, 5) is -0.184. The standard InChI is InChI=1S/C29H33ClN2O6S2/c1-28(2)22-18-20(30)12-14-24(22)31-26(28)10-6-5-7-11-27-29(3,4)23-19-21(40(36,37)38)13-15-25(23)32(27)16-8-9-17-39(33,34)35/h5-7,10-15,18-19H,8-9,16-17H2,1-4H3,(H2,33,34,35,36,37,38)/p+1. The molecule has 0 spiro atoms. The van der Waals surface area contributed by atoms with E-state index in [0.29, 0.717) is 18.0 Å². The first-order valence-corrected chi connectivity index (χ1v) is 16.3. The Morgan fingerprint density at radius 2 is 1.62 bits per heavy atom. The Hall–Kier alpha value is -2.76. The highest BCUT2D eigenvalue weighted by Crippen LogP contribution is 2.44. The maximum Gasteiger partial charge on any atom is 0.294 e. The van der Waals surface area contributed by atoms with Gasteiger partial charge in [0, 0.05) is 45.9 Å². The van der Waals surface area contributed by atoms with Gasteiger partial charge in [-0.25, -0.2) is 0 Å². The second-order valence-corrected chi connectivity index (χ2v) is 14.5. The second kappa shape index (κ2) is 10.9. The van der Waals surface area contributed by atoms with Gasteiger partial charge in [-0.05, 0) is 62.2 Å². The van der Waals surface area contributed by atoms with Crippen LogP contribution >= 0.6 is 11.6 Å². The predicted octanol–water partition coefficient (Wildman–Crippen LogP) is 6.03. The number of nitrogens with one attached hydrogen (secondary N) is 1. The van der Waals surface area contributed by atoms with E-state index in [0.717, 1.165) is 33.9 Å². The van der Waals surface area contributed by atoms with Crippen LogP contribution in [0.5, 0.6) is 0 Å². The molecule has 0 radical (unpaired) electrons. The average molecular weight is 606 g/mol. The lowest BCUT2D eigenvalue weighted by atomic mass is 9.81. The highest BCUT2D eigenvalue weighted by atomic mass is 35.5. The van der Waals surface area contributed by atoms with Gasteiger partial charge in [0.15, 0.2) is 5.71 Å². The van der Waals surface area contributed by atoms with Crippen LogP contribution in [0.1, 0.15) is 51.7 Å². The molecule has 2 aromatic carbocycles. The van der Waals surface area contributed by atoms with Crippen LogP contribution < -0.4 is 5.32 Å². The Morgan fingerprint density at radius 1 is 0.900 bits per heavy atom. The number of anilines is 1. The molecule has 0 bridgehead atoms. The molecular weight excluding hydrogens is 572 g/mol. The van der Waals surface area contributed by atoms with E-state index in [4.69, 9.17) is 16.2 Å². The minimum Gasteiger partial charge on any atom is -0.358 e. The van der Waals surface area contributed by atoms with E-state index in [-0.39, 0.29) is 22.5 Å². The minimum absolute atomic E-state index is 0.184. The molecule has 0 saturated heterocycles. The summed E-state index contributed by atoms with van der Waals surface area (Å²) in [5.41, 5.74) is 4.76. The smallest absolute Gasteiger partial charge is 0.294 e. The predicted molar refractivity (Wildman–Crippen MR) is 159 cm³/mol. The highest BCUT2D eigenvalue weighted by Gasteiger charge is 2.44. The number of unbranched alkanes of at least 4 members (excludes halogenated alkanes) is 1. The van der Waals surface area contributed by atoms with E-state index in [2.05, 4.69) is 19.2 Å². The topological polar surface area (TPSA) is 124 Å². The maximum absolute atomic E-state index is 11.8. The van der Waals surface area contributed by atoms with Gasteiger partial charge in [0.25, 0.3) is 20.2 Å². The van der Waals surface area contributed by atoms with Crippen LogP contribution in [0.25, 0.3) is 0 Å². The number of halogens is 1. The molecule has 0 aromatic heterocycles. The minimum atomic E-state index is -4.38. The first-order valence-electron chi connectivity index (χ1n) is 12.9. The van der Waals surface area contributed by atoms with E-state index in [9.17, 15) is 21.4 Å². The number of hydrogen-bond acceptors (Lipinski definition) is 5. The third kappa shape index (κ3) is 6.26. The zero-order chi connectivity index (χ0) is 29.5. The van der Waals surface area contributed by atoms with Crippen molar-refractivity contribution in [2.75, 3.05) is 17.6 Å². The normalized spacial score (nSPS) is 19.0. The molecule has 0 atom stereocenters. The van der Waals surface area contributed by atoms with Gasteiger partial charge in [0.2, 0.25) is 5.69 Å². The van der Waals surface area contributed by atoms with Crippen LogP contribution in [0.3, 0.4) is 0 Å². The van der Waals surface area contributed by atoms with Gasteiger partial charge >= 0.3 is 0 Å². The van der Waals surface area contributed by atoms with Gasteiger partial charge in [-0.2, -0.15) is 21.4 Å². The molecule has 11 heteroatoms. The van der Waals surface area contributed by atoms with Crippen LogP contribution in [0.4, 0.5) is 11.4 Å². The highest BCUT2D eigenvalue weighted by molar-refractivity contribution is 7.86. The number of nitrogens with zero attached hydrogens (tertiary/aromatic N) is 1. The van der Waals surface area contributed by atoms with Crippen molar-refractivity contribution in [3.05, 3.63) is 88.6 Å². The summed E-state index contributed by atoms with van der Waals surface area (Å²) in [6, 6.07) is 10.3. The molecule has 0 saturated carbocycles. The van der Waals surface area contributed by atoms with Gasteiger partial charge in [0.1, 0.15) is 6.54 Å². The SMILES string of the molecule is CC1(C)C(/C=C/C=C/C=C2/Nc3ccc(Cl)cc3C2(C)C)=[N+](CCCCS(=O)(=O)O)c2ccc(S(=O)(=O)O)cc21. The zero-order valence-corrected chi connectivity index (χ0v) is 25.2. The summed E-state index contributed by atoms with van der Waals surface area (Å²) in [6.07, 6.45) is 10.5. The molecule has 0 amide bonds. The van der Waals surface area contributed by atoms with Crippen molar-refractivity contribution < 1.29 is 30.5 Å². The summed E-state index contributed by atoms with van der Waals surface area (Å²) in [6.45, 7) is 8.66. The van der Waals surface area contributed by atoms with Gasteiger partial charge in [-0.3, -0.25) is 9.11 Å². The number of hydrogen-bond donors (Lipinski definition) is 3. The van der Waals surface area contributed by atoms with Crippen LogP contribution in [-0.2, 0) is 31.1 Å². The largest absolute Gasteiger partial charge is 0.358 e.